The van der Waals surface area contributed by atoms with E-state index in [-0.39, 0.29) is 10.6 Å². The molecule has 0 atom stereocenters. The molecule has 0 saturated heterocycles. The molecule has 0 heterocycles. The molecule has 0 aromatic heterocycles. The fourth-order valence-electron chi connectivity index (χ4n) is 1.61. The zero-order valence-electron chi connectivity index (χ0n) is 8.52. The van der Waals surface area contributed by atoms with E-state index in [9.17, 15) is 4.39 Å². The zero-order valence-corrected chi connectivity index (χ0v) is 9.27. The first kappa shape index (κ1) is 10.7. The molecule has 1 aliphatic carbocycles. The highest BCUT2D eigenvalue weighted by Crippen LogP contribution is 2.37. The molecule has 1 aromatic rings. The molecule has 82 valence electrons. The van der Waals surface area contributed by atoms with Gasteiger partial charge in [-0.15, -0.1) is 0 Å². The van der Waals surface area contributed by atoms with Gasteiger partial charge in [0, 0.05) is 5.54 Å². The maximum absolute atomic E-state index is 13.4. The van der Waals surface area contributed by atoms with Gasteiger partial charge in [0.1, 0.15) is 16.6 Å². The molecule has 2 nitrogen and oxygen atoms in total. The van der Waals surface area contributed by atoms with Gasteiger partial charge in [0.2, 0.25) is 0 Å². The van der Waals surface area contributed by atoms with Gasteiger partial charge in [-0.05, 0) is 37.0 Å². The van der Waals surface area contributed by atoms with E-state index in [2.05, 4.69) is 0 Å². The summed E-state index contributed by atoms with van der Waals surface area (Å²) in [4.78, 5) is 0. The number of rotatable bonds is 3. The van der Waals surface area contributed by atoms with Gasteiger partial charge in [-0.25, -0.2) is 4.39 Å². The molecular weight excluding hydrogens is 217 g/mol. The first-order valence-corrected chi connectivity index (χ1v) is 5.23. The second-order valence-corrected chi connectivity index (χ2v) is 4.51. The highest BCUT2D eigenvalue weighted by molar-refractivity contribution is 6.32. The lowest BCUT2D eigenvalue weighted by Crippen LogP contribution is -2.24. The Balaban J connectivity index is 2.28. The van der Waals surface area contributed by atoms with Gasteiger partial charge < -0.3 is 10.5 Å². The number of ether oxygens (including phenoxy) is 1. The summed E-state index contributed by atoms with van der Waals surface area (Å²) in [6.07, 6.45) is 2.68. The van der Waals surface area contributed by atoms with Crippen molar-refractivity contribution in [1.82, 2.24) is 0 Å². The highest BCUT2D eigenvalue weighted by atomic mass is 35.5. The lowest BCUT2D eigenvalue weighted by Gasteiger charge is -2.11. The Hall–Kier alpha value is -0.800. The summed E-state index contributed by atoms with van der Waals surface area (Å²) in [6.45, 7) is 0. The van der Waals surface area contributed by atoms with Crippen molar-refractivity contribution >= 4 is 11.6 Å². The van der Waals surface area contributed by atoms with E-state index in [0.717, 1.165) is 18.4 Å². The van der Waals surface area contributed by atoms with E-state index in [1.54, 1.807) is 6.07 Å². The molecule has 2 rings (SSSR count). The van der Waals surface area contributed by atoms with Gasteiger partial charge in [0.05, 0.1) is 7.11 Å². The van der Waals surface area contributed by atoms with Crippen molar-refractivity contribution in [2.45, 2.75) is 24.8 Å². The van der Waals surface area contributed by atoms with E-state index < -0.39 is 5.82 Å². The van der Waals surface area contributed by atoms with Crippen LogP contribution in [0.2, 0.25) is 5.02 Å². The van der Waals surface area contributed by atoms with Crippen molar-refractivity contribution in [3.05, 3.63) is 28.5 Å². The van der Waals surface area contributed by atoms with Crippen LogP contribution < -0.4 is 10.5 Å². The van der Waals surface area contributed by atoms with E-state index in [1.807, 2.05) is 0 Å². The molecule has 0 radical (unpaired) electrons. The monoisotopic (exact) mass is 229 g/mol. The standard InChI is InChI=1S/C11H13ClFNO/c1-15-9-5-7(4-8(13)10(9)12)6-11(14)2-3-11/h4-5H,2-3,6,14H2,1H3. The summed E-state index contributed by atoms with van der Waals surface area (Å²) >= 11 is 5.72. The first-order chi connectivity index (χ1) is 7.04. The summed E-state index contributed by atoms with van der Waals surface area (Å²) in [5.74, 6) is -0.0776. The second kappa shape index (κ2) is 3.65. The van der Waals surface area contributed by atoms with Crippen molar-refractivity contribution in [2.24, 2.45) is 5.73 Å². The van der Waals surface area contributed by atoms with Crippen LogP contribution in [0.15, 0.2) is 12.1 Å². The molecule has 0 spiro atoms. The number of hydrogen-bond donors (Lipinski definition) is 1. The van der Waals surface area contributed by atoms with Gasteiger partial charge >= 0.3 is 0 Å². The third-order valence-corrected chi connectivity index (χ3v) is 3.09. The van der Waals surface area contributed by atoms with Crippen molar-refractivity contribution in [1.29, 1.82) is 0 Å². The molecule has 1 aromatic carbocycles. The maximum atomic E-state index is 13.4. The summed E-state index contributed by atoms with van der Waals surface area (Å²) in [5, 5.41) is 0.0307. The molecule has 0 bridgehead atoms. The molecule has 4 heteroatoms. The fraction of sp³-hybridized carbons (Fsp3) is 0.455. The minimum atomic E-state index is -0.449. The topological polar surface area (TPSA) is 35.2 Å². The summed E-state index contributed by atoms with van der Waals surface area (Å²) in [5.41, 5.74) is 6.67. The van der Waals surface area contributed by atoms with Crippen molar-refractivity contribution in [3.8, 4) is 5.75 Å². The molecule has 0 aliphatic heterocycles. The van der Waals surface area contributed by atoms with Gasteiger partial charge in [-0.1, -0.05) is 11.6 Å². The molecular formula is C11H13ClFNO. The first-order valence-electron chi connectivity index (χ1n) is 4.85. The second-order valence-electron chi connectivity index (χ2n) is 4.13. The Morgan fingerprint density at radius 2 is 2.20 bits per heavy atom. The predicted octanol–water partition coefficient (Wildman–Crippen LogP) is 2.52. The summed E-state index contributed by atoms with van der Waals surface area (Å²) in [7, 11) is 1.47. The summed E-state index contributed by atoms with van der Waals surface area (Å²) < 4.78 is 18.4. The minimum Gasteiger partial charge on any atom is -0.495 e. The van der Waals surface area contributed by atoms with Crippen molar-refractivity contribution in [2.75, 3.05) is 7.11 Å². The average molecular weight is 230 g/mol. The van der Waals surface area contributed by atoms with Crippen LogP contribution in [-0.2, 0) is 6.42 Å². The van der Waals surface area contributed by atoms with Crippen LogP contribution in [-0.4, -0.2) is 12.6 Å². The van der Waals surface area contributed by atoms with Crippen LogP contribution in [0, 0.1) is 5.82 Å². The Kier molecular flexibility index (Phi) is 2.61. The molecule has 1 fully saturated rings. The quantitative estimate of drug-likeness (QED) is 0.865. The van der Waals surface area contributed by atoms with Crippen LogP contribution in [0.3, 0.4) is 0 Å². The largest absolute Gasteiger partial charge is 0.495 e. The number of halogens is 2. The number of methoxy groups -OCH3 is 1. The normalized spacial score (nSPS) is 17.6. The van der Waals surface area contributed by atoms with Crippen molar-refractivity contribution in [3.63, 3.8) is 0 Å². The Morgan fingerprint density at radius 1 is 1.53 bits per heavy atom. The highest BCUT2D eigenvalue weighted by Gasteiger charge is 2.38. The fourth-order valence-corrected chi connectivity index (χ4v) is 1.80. The number of nitrogens with two attached hydrogens (primary N) is 1. The van der Waals surface area contributed by atoms with Crippen LogP contribution in [0.4, 0.5) is 4.39 Å². The van der Waals surface area contributed by atoms with Gasteiger partial charge in [0.15, 0.2) is 0 Å². The van der Waals surface area contributed by atoms with Crippen molar-refractivity contribution < 1.29 is 9.13 Å². The Bertz CT molecular complexity index is 390. The minimum absolute atomic E-state index is 0.0307. The third kappa shape index (κ3) is 2.24. The number of hydrogen-bond acceptors (Lipinski definition) is 2. The lowest BCUT2D eigenvalue weighted by molar-refractivity contribution is 0.410. The van der Waals surface area contributed by atoms with E-state index in [1.165, 1.54) is 13.2 Å². The molecule has 1 saturated carbocycles. The van der Waals surface area contributed by atoms with E-state index in [0.29, 0.717) is 12.2 Å². The van der Waals surface area contributed by atoms with Crippen LogP contribution >= 0.6 is 11.6 Å². The van der Waals surface area contributed by atoms with Crippen LogP contribution in [0.25, 0.3) is 0 Å². The number of benzene rings is 1. The van der Waals surface area contributed by atoms with Gasteiger partial charge in [0.25, 0.3) is 0 Å². The Morgan fingerprint density at radius 3 is 2.73 bits per heavy atom. The maximum Gasteiger partial charge on any atom is 0.145 e. The Labute approximate surface area is 93.2 Å². The molecule has 0 unspecified atom stereocenters. The smallest absolute Gasteiger partial charge is 0.145 e. The van der Waals surface area contributed by atoms with E-state index in [4.69, 9.17) is 22.1 Å². The SMILES string of the molecule is COc1cc(CC2(N)CC2)cc(F)c1Cl. The van der Waals surface area contributed by atoms with Gasteiger partial charge in [-0.2, -0.15) is 0 Å². The van der Waals surface area contributed by atoms with Gasteiger partial charge in [-0.3, -0.25) is 0 Å². The molecule has 15 heavy (non-hydrogen) atoms. The predicted molar refractivity (Wildman–Crippen MR) is 57.8 cm³/mol. The van der Waals surface area contributed by atoms with Crippen LogP contribution in [0.5, 0.6) is 5.75 Å². The molecule has 2 N–H and O–H groups in total. The summed E-state index contributed by atoms with van der Waals surface area (Å²) in [6, 6.07) is 3.18. The third-order valence-electron chi connectivity index (χ3n) is 2.72. The molecule has 0 amide bonds. The zero-order chi connectivity index (χ0) is 11.1. The average Bonchev–Trinajstić information content (AvgIpc) is 2.89. The van der Waals surface area contributed by atoms with Crippen LogP contribution in [0.1, 0.15) is 18.4 Å². The molecule has 1 aliphatic rings. The lowest BCUT2D eigenvalue weighted by atomic mass is 10.0. The van der Waals surface area contributed by atoms with E-state index >= 15 is 0 Å².